The van der Waals surface area contributed by atoms with Gasteiger partial charge >= 0.3 is 0 Å². The van der Waals surface area contributed by atoms with Crippen LogP contribution in [0.4, 0.5) is 4.39 Å². The molecule has 8 nitrogen and oxygen atoms in total. The van der Waals surface area contributed by atoms with Crippen LogP contribution >= 0.6 is 0 Å². The fourth-order valence-electron chi connectivity index (χ4n) is 2.82. The van der Waals surface area contributed by atoms with E-state index in [1.807, 2.05) is 6.92 Å². The van der Waals surface area contributed by atoms with Crippen LogP contribution in [0.1, 0.15) is 13.3 Å². The number of aliphatic imine (C=N–C) groups is 1. The lowest BCUT2D eigenvalue weighted by molar-refractivity contribution is -0.127. The highest BCUT2D eigenvalue weighted by atomic mass is 19.1. The molecule has 2 N–H and O–H groups in total. The summed E-state index contributed by atoms with van der Waals surface area (Å²) in [6, 6.07) is 5.93. The van der Waals surface area contributed by atoms with E-state index < -0.39 is 0 Å². The van der Waals surface area contributed by atoms with Crippen molar-refractivity contribution in [3.63, 3.8) is 0 Å². The zero-order chi connectivity index (χ0) is 21.8. The molecular weight excluding hydrogens is 389 g/mol. The Bertz CT molecular complexity index is 663. The number of guanidine groups is 1. The van der Waals surface area contributed by atoms with Gasteiger partial charge in [0.05, 0.1) is 19.8 Å². The fourth-order valence-corrected chi connectivity index (χ4v) is 2.82. The number of carbonyl (C=O) groups is 1. The smallest absolute Gasteiger partial charge is 0.243 e. The average Bonchev–Trinajstić information content (AvgIpc) is 2.74. The first-order valence-corrected chi connectivity index (χ1v) is 10.4. The van der Waals surface area contributed by atoms with Gasteiger partial charge in [-0.2, -0.15) is 0 Å². The van der Waals surface area contributed by atoms with Crippen molar-refractivity contribution in [3.8, 4) is 5.75 Å². The molecule has 0 radical (unpaired) electrons. The van der Waals surface area contributed by atoms with E-state index in [1.165, 1.54) is 17.0 Å². The molecular formula is C21H34FN5O3. The maximum absolute atomic E-state index is 13.0. The lowest BCUT2D eigenvalue weighted by Gasteiger charge is -2.26. The number of hydrogen-bond donors (Lipinski definition) is 2. The van der Waals surface area contributed by atoms with Crippen LogP contribution in [0.5, 0.6) is 5.75 Å². The van der Waals surface area contributed by atoms with Crippen molar-refractivity contribution in [2.24, 2.45) is 4.99 Å². The average molecular weight is 424 g/mol. The first kappa shape index (κ1) is 23.9. The predicted octanol–water partition coefficient (Wildman–Crippen LogP) is 0.939. The molecule has 1 saturated heterocycles. The summed E-state index contributed by atoms with van der Waals surface area (Å²) in [5.41, 5.74) is 0. The molecule has 1 atom stereocenters. The monoisotopic (exact) mass is 423 g/mol. The van der Waals surface area contributed by atoms with Crippen molar-refractivity contribution in [1.29, 1.82) is 0 Å². The molecule has 0 aliphatic carbocycles. The lowest BCUT2D eigenvalue weighted by atomic mass is 10.3. The largest absolute Gasteiger partial charge is 0.489 e. The summed E-state index contributed by atoms with van der Waals surface area (Å²) in [5.74, 6) is 0.807. The Kier molecular flexibility index (Phi) is 10.4. The Morgan fingerprint density at radius 1 is 1.27 bits per heavy atom. The molecule has 0 bridgehead atoms. The number of ether oxygens (including phenoxy) is 2. The topological polar surface area (TPSA) is 78.4 Å². The van der Waals surface area contributed by atoms with E-state index in [0.29, 0.717) is 18.3 Å². The number of benzene rings is 1. The fraction of sp³-hybridized carbons (Fsp3) is 0.619. The summed E-state index contributed by atoms with van der Waals surface area (Å²) in [5, 5.41) is 6.50. The number of amides is 1. The summed E-state index contributed by atoms with van der Waals surface area (Å²) in [7, 11) is 3.42. The second-order valence-electron chi connectivity index (χ2n) is 7.45. The van der Waals surface area contributed by atoms with Gasteiger partial charge in [-0.15, -0.1) is 0 Å². The summed E-state index contributed by atoms with van der Waals surface area (Å²) in [4.78, 5) is 20.2. The molecule has 2 rings (SSSR count). The number of rotatable bonds is 10. The molecule has 0 saturated carbocycles. The first-order chi connectivity index (χ1) is 14.4. The quantitative estimate of drug-likeness (QED) is 0.331. The van der Waals surface area contributed by atoms with Crippen molar-refractivity contribution in [2.75, 3.05) is 66.6 Å². The predicted molar refractivity (Wildman–Crippen MR) is 115 cm³/mol. The van der Waals surface area contributed by atoms with E-state index in [1.54, 1.807) is 26.2 Å². The number of hydrogen-bond acceptors (Lipinski definition) is 5. The molecule has 0 aromatic heterocycles. The minimum absolute atomic E-state index is 0.0684. The van der Waals surface area contributed by atoms with Gasteiger partial charge in [0.1, 0.15) is 24.2 Å². The van der Waals surface area contributed by atoms with Crippen LogP contribution in [-0.2, 0) is 9.53 Å². The number of nitrogens with zero attached hydrogens (tertiary/aromatic N) is 3. The highest BCUT2D eigenvalue weighted by Gasteiger charge is 2.11. The minimum Gasteiger partial charge on any atom is -0.489 e. The molecule has 30 heavy (non-hydrogen) atoms. The van der Waals surface area contributed by atoms with Crippen LogP contribution in [0.15, 0.2) is 29.3 Å². The van der Waals surface area contributed by atoms with Gasteiger partial charge < -0.3 is 25.0 Å². The molecule has 1 aliphatic heterocycles. The lowest BCUT2D eigenvalue weighted by Crippen LogP contribution is -2.44. The van der Waals surface area contributed by atoms with Crippen molar-refractivity contribution in [2.45, 2.75) is 19.4 Å². The SMILES string of the molecule is CC(CNC(=NCC(=O)N(C)C)NCCCN1CCOCC1)Oc1ccc(F)cc1. The second-order valence-corrected chi connectivity index (χ2v) is 7.45. The molecule has 1 aromatic rings. The van der Waals surface area contributed by atoms with Crippen molar-refractivity contribution in [3.05, 3.63) is 30.1 Å². The van der Waals surface area contributed by atoms with Gasteiger partial charge in [-0.05, 0) is 44.2 Å². The van der Waals surface area contributed by atoms with Gasteiger partial charge in [-0.3, -0.25) is 9.69 Å². The van der Waals surface area contributed by atoms with Crippen molar-refractivity contribution >= 4 is 11.9 Å². The van der Waals surface area contributed by atoms with Gasteiger partial charge in [0.15, 0.2) is 5.96 Å². The van der Waals surface area contributed by atoms with E-state index in [0.717, 1.165) is 45.8 Å². The first-order valence-electron chi connectivity index (χ1n) is 10.4. The number of nitrogens with one attached hydrogen (secondary N) is 2. The number of likely N-dealkylation sites (N-methyl/N-ethyl adjacent to an activating group) is 1. The van der Waals surface area contributed by atoms with E-state index in [2.05, 4.69) is 20.5 Å². The number of carbonyl (C=O) groups excluding carboxylic acids is 1. The van der Waals surface area contributed by atoms with E-state index >= 15 is 0 Å². The third-order valence-electron chi connectivity index (χ3n) is 4.63. The minimum atomic E-state index is -0.297. The van der Waals surface area contributed by atoms with Crippen LogP contribution in [0.3, 0.4) is 0 Å². The Balaban J connectivity index is 1.79. The molecule has 1 aromatic carbocycles. The molecule has 0 spiro atoms. The highest BCUT2D eigenvalue weighted by Crippen LogP contribution is 2.12. The second kappa shape index (κ2) is 13.0. The van der Waals surface area contributed by atoms with Crippen LogP contribution < -0.4 is 15.4 Å². The highest BCUT2D eigenvalue weighted by molar-refractivity contribution is 5.84. The number of halogens is 1. The molecule has 9 heteroatoms. The summed E-state index contributed by atoms with van der Waals surface area (Å²) in [6.45, 7) is 7.72. The van der Waals surface area contributed by atoms with Crippen LogP contribution in [-0.4, -0.2) is 94.3 Å². The zero-order valence-corrected chi connectivity index (χ0v) is 18.2. The Hall–Kier alpha value is -2.39. The molecule has 1 heterocycles. The van der Waals surface area contributed by atoms with Crippen LogP contribution in [0, 0.1) is 5.82 Å². The van der Waals surface area contributed by atoms with Crippen LogP contribution in [0.2, 0.25) is 0 Å². The van der Waals surface area contributed by atoms with Gasteiger partial charge in [0.25, 0.3) is 0 Å². The molecule has 1 aliphatic rings. The Labute approximate surface area is 178 Å². The van der Waals surface area contributed by atoms with Gasteiger partial charge in [-0.25, -0.2) is 9.38 Å². The Morgan fingerprint density at radius 2 is 1.97 bits per heavy atom. The third kappa shape index (κ3) is 9.41. The summed E-state index contributed by atoms with van der Waals surface area (Å²) < 4.78 is 24.2. The third-order valence-corrected chi connectivity index (χ3v) is 4.63. The van der Waals surface area contributed by atoms with Crippen molar-refractivity contribution < 1.29 is 18.7 Å². The molecule has 168 valence electrons. The van der Waals surface area contributed by atoms with Crippen LogP contribution in [0.25, 0.3) is 0 Å². The van der Waals surface area contributed by atoms with E-state index in [9.17, 15) is 9.18 Å². The molecule has 1 unspecified atom stereocenters. The van der Waals surface area contributed by atoms with E-state index in [4.69, 9.17) is 9.47 Å². The van der Waals surface area contributed by atoms with Gasteiger partial charge in [0, 0.05) is 33.7 Å². The maximum atomic E-state index is 13.0. The maximum Gasteiger partial charge on any atom is 0.243 e. The molecule has 1 fully saturated rings. The van der Waals surface area contributed by atoms with Gasteiger partial charge in [-0.1, -0.05) is 0 Å². The van der Waals surface area contributed by atoms with Crippen molar-refractivity contribution in [1.82, 2.24) is 20.4 Å². The number of morpholine rings is 1. The summed E-state index contributed by atoms with van der Waals surface area (Å²) in [6.07, 6.45) is 0.796. The normalized spacial score (nSPS) is 16.1. The summed E-state index contributed by atoms with van der Waals surface area (Å²) >= 11 is 0. The Morgan fingerprint density at radius 3 is 2.63 bits per heavy atom. The zero-order valence-electron chi connectivity index (χ0n) is 18.2. The van der Waals surface area contributed by atoms with E-state index in [-0.39, 0.29) is 24.4 Å². The van der Waals surface area contributed by atoms with Gasteiger partial charge in [0.2, 0.25) is 5.91 Å². The standard InChI is InChI=1S/C21H34FN5O3/c1-17(30-19-7-5-18(22)6-8-19)15-24-21(25-16-20(28)26(2)3)23-9-4-10-27-11-13-29-14-12-27/h5-8,17H,4,9-16H2,1-3H3,(H2,23,24,25). The molecule has 1 amide bonds.